The van der Waals surface area contributed by atoms with Crippen molar-refractivity contribution in [1.82, 2.24) is 5.32 Å². The molecule has 4 nitrogen and oxygen atoms in total. The lowest BCUT2D eigenvalue weighted by Crippen LogP contribution is -2.43. The van der Waals surface area contributed by atoms with Crippen LogP contribution in [0.4, 0.5) is 0 Å². The van der Waals surface area contributed by atoms with E-state index in [4.69, 9.17) is 14.2 Å². The molecule has 4 heteroatoms. The van der Waals surface area contributed by atoms with Crippen molar-refractivity contribution in [3.05, 3.63) is 23.8 Å². The smallest absolute Gasteiger partial charge is 0.161 e. The summed E-state index contributed by atoms with van der Waals surface area (Å²) in [6.07, 6.45) is 2.03. The molecule has 0 spiro atoms. The third kappa shape index (κ3) is 3.07. The van der Waals surface area contributed by atoms with Gasteiger partial charge in [-0.2, -0.15) is 0 Å². The van der Waals surface area contributed by atoms with Gasteiger partial charge in [0.1, 0.15) is 0 Å². The molecule has 1 saturated heterocycles. The quantitative estimate of drug-likeness (QED) is 0.899. The second-order valence-corrected chi connectivity index (χ2v) is 5.40. The van der Waals surface area contributed by atoms with E-state index in [1.165, 1.54) is 0 Å². The van der Waals surface area contributed by atoms with Gasteiger partial charge in [0.05, 0.1) is 19.8 Å². The van der Waals surface area contributed by atoms with Crippen LogP contribution < -0.4 is 14.8 Å². The van der Waals surface area contributed by atoms with Crippen LogP contribution in [0.25, 0.3) is 0 Å². The number of methoxy groups -OCH3 is 2. The number of nitrogens with one attached hydrogen (secondary N) is 1. The van der Waals surface area contributed by atoms with Crippen LogP contribution in [-0.4, -0.2) is 33.4 Å². The molecule has 2 atom stereocenters. The predicted octanol–water partition coefficient (Wildman–Crippen LogP) is 2.71. The van der Waals surface area contributed by atoms with E-state index in [9.17, 15) is 0 Å². The molecular formula is C16H25NO3. The van der Waals surface area contributed by atoms with E-state index in [2.05, 4.69) is 25.2 Å². The second-order valence-electron chi connectivity index (χ2n) is 5.40. The van der Waals surface area contributed by atoms with Gasteiger partial charge < -0.3 is 19.5 Å². The first-order chi connectivity index (χ1) is 9.62. The summed E-state index contributed by atoms with van der Waals surface area (Å²) >= 11 is 0. The molecule has 1 aliphatic heterocycles. The van der Waals surface area contributed by atoms with Gasteiger partial charge in [-0.1, -0.05) is 13.0 Å². The molecule has 0 aromatic heterocycles. The molecule has 1 fully saturated rings. The fraction of sp³-hybridized carbons (Fsp3) is 0.625. The molecule has 1 aliphatic rings. The highest BCUT2D eigenvalue weighted by Gasteiger charge is 2.35. The Morgan fingerprint density at radius 1 is 1.30 bits per heavy atom. The summed E-state index contributed by atoms with van der Waals surface area (Å²) < 4.78 is 16.7. The lowest BCUT2D eigenvalue weighted by molar-refractivity contribution is -0.0811. The van der Waals surface area contributed by atoms with Crippen LogP contribution in [0.1, 0.15) is 32.3 Å². The average Bonchev–Trinajstić information content (AvgIpc) is 2.47. The Bertz CT molecular complexity index is 447. The van der Waals surface area contributed by atoms with E-state index in [1.54, 1.807) is 14.2 Å². The summed E-state index contributed by atoms with van der Waals surface area (Å²) in [6.45, 7) is 6.07. The van der Waals surface area contributed by atoms with Crippen molar-refractivity contribution in [3.8, 4) is 11.5 Å². The van der Waals surface area contributed by atoms with Gasteiger partial charge in [0.2, 0.25) is 0 Å². The molecule has 1 aromatic rings. The standard InChI is InChI=1S/C16H25NO3/c1-5-17-13-8-9-20-16(2,11-13)12-6-7-14(18-3)15(10-12)19-4/h6-7,10,13,17H,5,8-9,11H2,1-4H3. The van der Waals surface area contributed by atoms with Gasteiger partial charge in [-0.25, -0.2) is 0 Å². The Hall–Kier alpha value is -1.26. The Morgan fingerprint density at radius 2 is 2.05 bits per heavy atom. The van der Waals surface area contributed by atoms with E-state index in [-0.39, 0.29) is 5.60 Å². The van der Waals surface area contributed by atoms with Gasteiger partial charge in [0.25, 0.3) is 0 Å². The zero-order valence-corrected chi connectivity index (χ0v) is 12.9. The molecule has 1 heterocycles. The molecule has 2 unspecified atom stereocenters. The average molecular weight is 279 g/mol. The van der Waals surface area contributed by atoms with Crippen LogP contribution in [0.3, 0.4) is 0 Å². The number of ether oxygens (including phenoxy) is 3. The number of hydrogen-bond donors (Lipinski definition) is 1. The van der Waals surface area contributed by atoms with Gasteiger partial charge in [0.15, 0.2) is 11.5 Å². The SMILES string of the molecule is CCNC1CCOC(C)(c2ccc(OC)c(OC)c2)C1. The maximum absolute atomic E-state index is 6.06. The zero-order valence-electron chi connectivity index (χ0n) is 12.9. The molecule has 112 valence electrons. The zero-order chi connectivity index (χ0) is 14.6. The van der Waals surface area contributed by atoms with Crippen LogP contribution >= 0.6 is 0 Å². The lowest BCUT2D eigenvalue weighted by atomic mass is 9.85. The number of hydrogen-bond acceptors (Lipinski definition) is 4. The van der Waals surface area contributed by atoms with Crippen LogP contribution in [0.5, 0.6) is 11.5 Å². The van der Waals surface area contributed by atoms with Gasteiger partial charge in [0, 0.05) is 12.6 Å². The molecule has 1 aromatic carbocycles. The highest BCUT2D eigenvalue weighted by molar-refractivity contribution is 5.44. The lowest BCUT2D eigenvalue weighted by Gasteiger charge is -2.39. The van der Waals surface area contributed by atoms with E-state index < -0.39 is 0 Å². The Labute approximate surface area is 121 Å². The first-order valence-corrected chi connectivity index (χ1v) is 7.22. The summed E-state index contributed by atoms with van der Waals surface area (Å²) in [4.78, 5) is 0. The molecule has 1 N–H and O–H groups in total. The fourth-order valence-electron chi connectivity index (χ4n) is 2.89. The minimum Gasteiger partial charge on any atom is -0.493 e. The van der Waals surface area contributed by atoms with Gasteiger partial charge in [-0.15, -0.1) is 0 Å². The normalized spacial score (nSPS) is 26.3. The highest BCUT2D eigenvalue weighted by Crippen LogP contribution is 2.38. The molecular weight excluding hydrogens is 254 g/mol. The van der Waals surface area contributed by atoms with E-state index in [0.717, 1.165) is 43.1 Å². The molecule has 2 rings (SSSR count). The first kappa shape index (κ1) is 15.1. The molecule has 0 amide bonds. The van der Waals surface area contributed by atoms with Crippen molar-refractivity contribution in [1.29, 1.82) is 0 Å². The molecule has 0 saturated carbocycles. The summed E-state index contributed by atoms with van der Waals surface area (Å²) in [6, 6.07) is 6.54. The Kier molecular flexibility index (Phi) is 4.89. The van der Waals surface area contributed by atoms with Crippen LogP contribution in [0, 0.1) is 0 Å². The van der Waals surface area contributed by atoms with E-state index in [1.807, 2.05) is 12.1 Å². The van der Waals surface area contributed by atoms with Gasteiger partial charge in [-0.3, -0.25) is 0 Å². The molecule has 0 radical (unpaired) electrons. The number of rotatable bonds is 5. The largest absolute Gasteiger partial charge is 0.493 e. The molecule has 20 heavy (non-hydrogen) atoms. The topological polar surface area (TPSA) is 39.7 Å². The maximum atomic E-state index is 6.06. The summed E-state index contributed by atoms with van der Waals surface area (Å²) in [5.74, 6) is 1.50. The van der Waals surface area contributed by atoms with E-state index >= 15 is 0 Å². The van der Waals surface area contributed by atoms with Crippen molar-refractivity contribution < 1.29 is 14.2 Å². The fourth-order valence-corrected chi connectivity index (χ4v) is 2.89. The molecule has 0 bridgehead atoms. The van der Waals surface area contributed by atoms with Crippen molar-refractivity contribution in [2.45, 2.75) is 38.3 Å². The Morgan fingerprint density at radius 3 is 2.70 bits per heavy atom. The van der Waals surface area contributed by atoms with Gasteiger partial charge in [-0.05, 0) is 44.0 Å². The Balaban J connectivity index is 2.24. The van der Waals surface area contributed by atoms with Crippen LogP contribution in [0.15, 0.2) is 18.2 Å². The number of benzene rings is 1. The predicted molar refractivity (Wildman–Crippen MR) is 79.5 cm³/mol. The maximum Gasteiger partial charge on any atom is 0.161 e. The van der Waals surface area contributed by atoms with E-state index in [0.29, 0.717) is 6.04 Å². The highest BCUT2D eigenvalue weighted by atomic mass is 16.5. The summed E-state index contributed by atoms with van der Waals surface area (Å²) in [5.41, 5.74) is 0.864. The van der Waals surface area contributed by atoms with Crippen LogP contribution in [-0.2, 0) is 10.3 Å². The monoisotopic (exact) mass is 279 g/mol. The van der Waals surface area contributed by atoms with Gasteiger partial charge >= 0.3 is 0 Å². The third-order valence-corrected chi connectivity index (χ3v) is 4.01. The first-order valence-electron chi connectivity index (χ1n) is 7.22. The van der Waals surface area contributed by atoms with Crippen molar-refractivity contribution in [3.63, 3.8) is 0 Å². The molecule has 0 aliphatic carbocycles. The second kappa shape index (κ2) is 6.46. The summed E-state index contributed by atoms with van der Waals surface area (Å²) in [7, 11) is 3.31. The van der Waals surface area contributed by atoms with Crippen molar-refractivity contribution in [2.24, 2.45) is 0 Å². The third-order valence-electron chi connectivity index (χ3n) is 4.01. The minimum absolute atomic E-state index is 0.273. The minimum atomic E-state index is -0.273. The van der Waals surface area contributed by atoms with Crippen LogP contribution in [0.2, 0.25) is 0 Å². The summed E-state index contributed by atoms with van der Waals surface area (Å²) in [5, 5.41) is 3.52. The van der Waals surface area contributed by atoms with Crippen molar-refractivity contribution >= 4 is 0 Å². The van der Waals surface area contributed by atoms with Crippen molar-refractivity contribution in [2.75, 3.05) is 27.4 Å².